The van der Waals surface area contributed by atoms with Gasteiger partial charge in [-0.3, -0.25) is 0 Å². The number of halogens is 1. The predicted molar refractivity (Wildman–Crippen MR) is 72.2 cm³/mol. The Bertz CT molecular complexity index is 527. The predicted octanol–water partition coefficient (Wildman–Crippen LogP) is 4.19. The zero-order valence-corrected chi connectivity index (χ0v) is 11.6. The van der Waals surface area contributed by atoms with Gasteiger partial charge in [-0.25, -0.2) is 4.39 Å². The molecular weight excluding hydrogens is 229 g/mol. The number of aryl methyl sites for hydroxylation is 1. The normalized spacial score (nSPS) is 14.1. The molecule has 0 aliphatic carbocycles. The van der Waals surface area contributed by atoms with E-state index in [1.165, 1.54) is 6.07 Å². The van der Waals surface area contributed by atoms with Crippen LogP contribution >= 0.6 is 0 Å². The van der Waals surface area contributed by atoms with Crippen LogP contribution in [0.1, 0.15) is 38.1 Å². The molecule has 2 rings (SSSR count). The number of nitrogens with one attached hydrogen (secondary N) is 1. The minimum absolute atomic E-state index is 0.00695. The second kappa shape index (κ2) is 4.39. The van der Waals surface area contributed by atoms with Gasteiger partial charge >= 0.3 is 0 Å². The molecule has 1 aromatic heterocycles. The first kappa shape index (κ1) is 13.1. The zero-order valence-electron chi connectivity index (χ0n) is 11.6. The molecule has 0 aliphatic rings. The quantitative estimate of drug-likeness (QED) is 0.863. The third-order valence-electron chi connectivity index (χ3n) is 3.29. The lowest BCUT2D eigenvalue weighted by Gasteiger charge is -2.28. The van der Waals surface area contributed by atoms with Crippen LogP contribution in [0.2, 0.25) is 0 Å². The van der Waals surface area contributed by atoms with Crippen LogP contribution < -0.4 is 5.32 Å². The third-order valence-corrected chi connectivity index (χ3v) is 3.29. The molecule has 2 aromatic rings. The van der Waals surface area contributed by atoms with Crippen molar-refractivity contribution in [3.05, 3.63) is 35.3 Å². The first-order chi connectivity index (χ1) is 8.34. The SMILES string of the molecule is CNC(c1cc2c(F)ccc(C)c2o1)C(C)(C)C. The molecule has 0 spiro atoms. The molecule has 1 N–H and O–H groups in total. The first-order valence-corrected chi connectivity index (χ1v) is 6.20. The van der Waals surface area contributed by atoms with Gasteiger partial charge in [-0.15, -0.1) is 0 Å². The molecule has 0 amide bonds. The summed E-state index contributed by atoms with van der Waals surface area (Å²) in [6.07, 6.45) is 0. The Labute approximate surface area is 107 Å². The Morgan fingerprint density at radius 1 is 1.28 bits per heavy atom. The van der Waals surface area contributed by atoms with Crippen LogP contribution in [0.15, 0.2) is 22.6 Å². The first-order valence-electron chi connectivity index (χ1n) is 6.20. The van der Waals surface area contributed by atoms with Gasteiger partial charge in [0.25, 0.3) is 0 Å². The third kappa shape index (κ3) is 2.15. The lowest BCUT2D eigenvalue weighted by atomic mass is 9.85. The lowest BCUT2D eigenvalue weighted by molar-refractivity contribution is 0.253. The molecule has 2 nitrogen and oxygen atoms in total. The summed E-state index contributed by atoms with van der Waals surface area (Å²) < 4.78 is 19.6. The zero-order chi connectivity index (χ0) is 13.5. The van der Waals surface area contributed by atoms with Gasteiger partial charge in [-0.1, -0.05) is 26.8 Å². The number of hydrogen-bond donors (Lipinski definition) is 1. The number of furan rings is 1. The van der Waals surface area contributed by atoms with Crippen LogP contribution in [-0.2, 0) is 0 Å². The van der Waals surface area contributed by atoms with Crippen molar-refractivity contribution in [3.63, 3.8) is 0 Å². The van der Waals surface area contributed by atoms with Gasteiger partial charge in [0.05, 0.1) is 11.4 Å². The molecule has 0 bridgehead atoms. The monoisotopic (exact) mass is 249 g/mol. The summed E-state index contributed by atoms with van der Waals surface area (Å²) in [5.74, 6) is 0.558. The average molecular weight is 249 g/mol. The van der Waals surface area contributed by atoms with E-state index in [0.717, 1.165) is 11.3 Å². The largest absolute Gasteiger partial charge is 0.459 e. The van der Waals surface area contributed by atoms with Crippen LogP contribution in [-0.4, -0.2) is 7.05 Å². The Hall–Kier alpha value is -1.35. The summed E-state index contributed by atoms with van der Waals surface area (Å²) in [5, 5.41) is 3.81. The molecule has 0 radical (unpaired) electrons. The maximum atomic E-state index is 13.8. The van der Waals surface area contributed by atoms with Crippen LogP contribution in [0, 0.1) is 18.2 Å². The summed E-state index contributed by atoms with van der Waals surface area (Å²) in [6.45, 7) is 8.32. The van der Waals surface area contributed by atoms with Crippen LogP contribution in [0.4, 0.5) is 4.39 Å². The molecule has 3 heteroatoms. The van der Waals surface area contributed by atoms with E-state index in [1.54, 1.807) is 6.07 Å². The number of hydrogen-bond acceptors (Lipinski definition) is 2. The van der Waals surface area contributed by atoms with Crippen molar-refractivity contribution in [2.45, 2.75) is 33.7 Å². The summed E-state index contributed by atoms with van der Waals surface area (Å²) in [4.78, 5) is 0. The maximum Gasteiger partial charge on any atom is 0.140 e. The Kier molecular flexibility index (Phi) is 3.20. The summed E-state index contributed by atoms with van der Waals surface area (Å²) in [6, 6.07) is 5.10. The van der Waals surface area contributed by atoms with Gasteiger partial charge in [-0.2, -0.15) is 0 Å². The highest BCUT2D eigenvalue weighted by Crippen LogP contribution is 2.36. The van der Waals surface area contributed by atoms with E-state index in [2.05, 4.69) is 26.1 Å². The summed E-state index contributed by atoms with van der Waals surface area (Å²) in [5.41, 5.74) is 1.61. The van der Waals surface area contributed by atoms with Gasteiger partial charge in [0.15, 0.2) is 0 Å². The molecule has 0 aliphatic heterocycles. The highest BCUT2D eigenvalue weighted by atomic mass is 19.1. The van der Waals surface area contributed by atoms with Crippen LogP contribution in [0.5, 0.6) is 0 Å². The second-order valence-electron chi connectivity index (χ2n) is 5.84. The standard InChI is InChI=1S/C15H20FNO/c1-9-6-7-11(16)10-8-12(18-13(9)10)14(17-5)15(2,3)4/h6-8,14,17H,1-5H3. The molecule has 1 heterocycles. The van der Waals surface area contributed by atoms with Crippen LogP contribution in [0.25, 0.3) is 11.0 Å². The fourth-order valence-electron chi connectivity index (χ4n) is 2.39. The topological polar surface area (TPSA) is 25.2 Å². The molecule has 0 saturated heterocycles. The van der Waals surface area contributed by atoms with Gasteiger partial charge in [0.1, 0.15) is 17.2 Å². The van der Waals surface area contributed by atoms with Crippen molar-refractivity contribution in [2.75, 3.05) is 7.05 Å². The molecule has 98 valence electrons. The van der Waals surface area contributed by atoms with E-state index in [0.29, 0.717) is 11.0 Å². The molecule has 1 aromatic carbocycles. The van der Waals surface area contributed by atoms with E-state index in [4.69, 9.17) is 4.42 Å². The van der Waals surface area contributed by atoms with E-state index in [1.807, 2.05) is 20.0 Å². The Morgan fingerprint density at radius 2 is 1.94 bits per heavy atom. The van der Waals surface area contributed by atoms with E-state index in [-0.39, 0.29) is 17.3 Å². The van der Waals surface area contributed by atoms with Crippen molar-refractivity contribution < 1.29 is 8.81 Å². The van der Waals surface area contributed by atoms with Crippen molar-refractivity contribution in [1.82, 2.24) is 5.32 Å². The van der Waals surface area contributed by atoms with Crippen molar-refractivity contribution >= 4 is 11.0 Å². The summed E-state index contributed by atoms with van der Waals surface area (Å²) in [7, 11) is 1.90. The highest BCUT2D eigenvalue weighted by Gasteiger charge is 2.28. The number of fused-ring (bicyclic) bond motifs is 1. The molecule has 1 atom stereocenters. The molecule has 18 heavy (non-hydrogen) atoms. The van der Waals surface area contributed by atoms with Crippen molar-refractivity contribution in [3.8, 4) is 0 Å². The highest BCUT2D eigenvalue weighted by molar-refractivity contribution is 5.81. The average Bonchev–Trinajstić information content (AvgIpc) is 2.68. The minimum Gasteiger partial charge on any atom is -0.459 e. The van der Waals surface area contributed by atoms with Gasteiger partial charge < -0.3 is 9.73 Å². The van der Waals surface area contributed by atoms with Crippen LogP contribution in [0.3, 0.4) is 0 Å². The van der Waals surface area contributed by atoms with Gasteiger partial charge in [0.2, 0.25) is 0 Å². The molecular formula is C15H20FNO. The smallest absolute Gasteiger partial charge is 0.140 e. The molecule has 0 fully saturated rings. The minimum atomic E-state index is -0.227. The Balaban J connectivity index is 2.60. The summed E-state index contributed by atoms with van der Waals surface area (Å²) >= 11 is 0. The van der Waals surface area contributed by atoms with E-state index >= 15 is 0 Å². The molecule has 1 unspecified atom stereocenters. The van der Waals surface area contributed by atoms with Crippen molar-refractivity contribution in [2.24, 2.45) is 5.41 Å². The second-order valence-corrected chi connectivity index (χ2v) is 5.84. The number of benzene rings is 1. The maximum absolute atomic E-state index is 13.8. The lowest BCUT2D eigenvalue weighted by Crippen LogP contribution is -2.29. The Morgan fingerprint density at radius 3 is 2.44 bits per heavy atom. The van der Waals surface area contributed by atoms with Crippen molar-refractivity contribution in [1.29, 1.82) is 0 Å². The van der Waals surface area contributed by atoms with E-state index in [9.17, 15) is 4.39 Å². The van der Waals surface area contributed by atoms with Gasteiger partial charge in [-0.05, 0) is 37.1 Å². The van der Waals surface area contributed by atoms with Gasteiger partial charge in [0, 0.05) is 0 Å². The number of rotatable bonds is 2. The molecule has 0 saturated carbocycles. The van der Waals surface area contributed by atoms with E-state index < -0.39 is 0 Å². The fourth-order valence-corrected chi connectivity index (χ4v) is 2.39. The fraction of sp³-hybridized carbons (Fsp3) is 0.467.